The smallest absolute Gasteiger partial charge is 0.307 e. The molecule has 1 atom stereocenters. The summed E-state index contributed by atoms with van der Waals surface area (Å²) in [6.07, 6.45) is 2.57. The van der Waals surface area contributed by atoms with Gasteiger partial charge >= 0.3 is 5.97 Å². The summed E-state index contributed by atoms with van der Waals surface area (Å²) in [5.74, 6) is -0.942. The van der Waals surface area contributed by atoms with Gasteiger partial charge in [-0.15, -0.1) is 0 Å². The van der Waals surface area contributed by atoms with E-state index in [9.17, 15) is 19.2 Å². The molecule has 1 aromatic rings. The van der Waals surface area contributed by atoms with E-state index < -0.39 is 12.0 Å². The van der Waals surface area contributed by atoms with E-state index in [2.05, 4.69) is 10.6 Å². The minimum absolute atomic E-state index is 0.0102. The molecule has 1 aliphatic rings. The molecule has 1 heterocycles. The predicted octanol–water partition coefficient (Wildman–Crippen LogP) is 1.18. The van der Waals surface area contributed by atoms with Crippen LogP contribution in [-0.4, -0.2) is 79.9 Å². The fraction of sp³-hybridized carbons (Fsp3) is 0.565. The third-order valence-electron chi connectivity index (χ3n) is 5.25. The summed E-state index contributed by atoms with van der Waals surface area (Å²) >= 11 is 0. The van der Waals surface area contributed by atoms with Gasteiger partial charge in [0.15, 0.2) is 0 Å². The Kier molecular flexibility index (Phi) is 10.1. The second-order valence-electron chi connectivity index (χ2n) is 8.09. The SMILES string of the molecule is CCCCOC(=O)CC1C(=O)NCCN1CC(=O)Nc1cccc(CCC(=O)N(C)C)c1. The van der Waals surface area contributed by atoms with Gasteiger partial charge in [-0.05, 0) is 30.5 Å². The summed E-state index contributed by atoms with van der Waals surface area (Å²) < 4.78 is 5.18. The van der Waals surface area contributed by atoms with E-state index in [-0.39, 0.29) is 30.7 Å². The number of carbonyl (C=O) groups excluding carboxylic acids is 4. The Morgan fingerprint density at radius 1 is 1.28 bits per heavy atom. The Labute approximate surface area is 189 Å². The van der Waals surface area contributed by atoms with Crippen molar-refractivity contribution in [3.05, 3.63) is 29.8 Å². The average molecular weight is 447 g/mol. The number of piperazine rings is 1. The summed E-state index contributed by atoms with van der Waals surface area (Å²) in [5, 5.41) is 5.59. The summed E-state index contributed by atoms with van der Waals surface area (Å²) in [6.45, 7) is 3.22. The molecule has 1 fully saturated rings. The van der Waals surface area contributed by atoms with Crippen LogP contribution in [0.15, 0.2) is 24.3 Å². The highest BCUT2D eigenvalue weighted by Gasteiger charge is 2.33. The highest BCUT2D eigenvalue weighted by atomic mass is 16.5. The molecule has 32 heavy (non-hydrogen) atoms. The molecular formula is C23H34N4O5. The number of ether oxygens (including phenoxy) is 1. The molecule has 0 spiro atoms. The lowest BCUT2D eigenvalue weighted by molar-refractivity contribution is -0.149. The van der Waals surface area contributed by atoms with E-state index in [0.717, 1.165) is 18.4 Å². The van der Waals surface area contributed by atoms with Gasteiger partial charge in [-0.3, -0.25) is 24.1 Å². The number of aryl methyl sites for hydroxylation is 1. The lowest BCUT2D eigenvalue weighted by Crippen LogP contribution is -2.57. The fourth-order valence-corrected chi connectivity index (χ4v) is 3.38. The van der Waals surface area contributed by atoms with E-state index >= 15 is 0 Å². The molecule has 176 valence electrons. The molecule has 0 bridgehead atoms. The topological polar surface area (TPSA) is 108 Å². The Bertz CT molecular complexity index is 811. The summed E-state index contributed by atoms with van der Waals surface area (Å²) in [5.41, 5.74) is 1.57. The van der Waals surface area contributed by atoms with Gasteiger partial charge in [-0.25, -0.2) is 0 Å². The molecule has 1 aliphatic heterocycles. The van der Waals surface area contributed by atoms with E-state index in [4.69, 9.17) is 4.74 Å². The molecule has 9 nitrogen and oxygen atoms in total. The van der Waals surface area contributed by atoms with Gasteiger partial charge < -0.3 is 20.3 Å². The third kappa shape index (κ3) is 8.30. The molecule has 0 aliphatic carbocycles. The van der Waals surface area contributed by atoms with Crippen LogP contribution >= 0.6 is 0 Å². The minimum Gasteiger partial charge on any atom is -0.466 e. The van der Waals surface area contributed by atoms with Crippen molar-refractivity contribution in [2.24, 2.45) is 0 Å². The van der Waals surface area contributed by atoms with E-state index in [0.29, 0.717) is 38.2 Å². The predicted molar refractivity (Wildman–Crippen MR) is 121 cm³/mol. The summed E-state index contributed by atoms with van der Waals surface area (Å²) in [6, 6.07) is 6.63. The second kappa shape index (κ2) is 12.8. The van der Waals surface area contributed by atoms with Crippen molar-refractivity contribution in [2.45, 2.75) is 45.1 Å². The second-order valence-corrected chi connectivity index (χ2v) is 8.09. The number of unbranched alkanes of at least 4 members (excludes halogenated alkanes) is 1. The molecular weight excluding hydrogens is 412 g/mol. The molecule has 3 amide bonds. The van der Waals surface area contributed by atoms with Crippen LogP contribution < -0.4 is 10.6 Å². The van der Waals surface area contributed by atoms with Gasteiger partial charge in [0.05, 0.1) is 19.6 Å². The van der Waals surface area contributed by atoms with E-state index in [1.165, 1.54) is 0 Å². The number of esters is 1. The van der Waals surface area contributed by atoms with Gasteiger partial charge in [0, 0.05) is 39.3 Å². The summed E-state index contributed by atoms with van der Waals surface area (Å²) in [7, 11) is 3.44. The van der Waals surface area contributed by atoms with Gasteiger partial charge in [-0.2, -0.15) is 0 Å². The fourth-order valence-electron chi connectivity index (χ4n) is 3.38. The van der Waals surface area contributed by atoms with Crippen LogP contribution in [0.25, 0.3) is 0 Å². The number of rotatable bonds is 11. The first-order valence-corrected chi connectivity index (χ1v) is 11.1. The van der Waals surface area contributed by atoms with E-state index in [1.807, 2.05) is 25.1 Å². The quantitative estimate of drug-likeness (QED) is 0.390. The van der Waals surface area contributed by atoms with Gasteiger partial charge in [0.2, 0.25) is 17.7 Å². The molecule has 0 saturated carbocycles. The largest absolute Gasteiger partial charge is 0.466 e. The van der Waals surface area contributed by atoms with Gasteiger partial charge in [-0.1, -0.05) is 25.5 Å². The maximum atomic E-state index is 12.6. The lowest BCUT2D eigenvalue weighted by atomic mass is 10.1. The zero-order chi connectivity index (χ0) is 23.5. The first-order chi connectivity index (χ1) is 15.3. The average Bonchev–Trinajstić information content (AvgIpc) is 2.74. The van der Waals surface area contributed by atoms with Crippen molar-refractivity contribution in [3.8, 4) is 0 Å². The highest BCUT2D eigenvalue weighted by Crippen LogP contribution is 2.14. The molecule has 2 N–H and O–H groups in total. The number of nitrogens with zero attached hydrogens (tertiary/aromatic N) is 2. The molecule has 9 heteroatoms. The number of hydrogen-bond acceptors (Lipinski definition) is 6. The molecule has 1 saturated heterocycles. The Hall–Kier alpha value is -2.94. The number of amides is 3. The van der Waals surface area contributed by atoms with Crippen molar-refractivity contribution in [1.82, 2.24) is 15.1 Å². The van der Waals surface area contributed by atoms with Crippen molar-refractivity contribution in [2.75, 3.05) is 45.7 Å². The summed E-state index contributed by atoms with van der Waals surface area (Å²) in [4.78, 5) is 52.1. The van der Waals surface area contributed by atoms with Crippen molar-refractivity contribution >= 4 is 29.4 Å². The van der Waals surface area contributed by atoms with Crippen LogP contribution in [0.1, 0.15) is 38.2 Å². The first-order valence-electron chi connectivity index (χ1n) is 11.1. The number of hydrogen-bond donors (Lipinski definition) is 2. The molecule has 0 aromatic heterocycles. The maximum absolute atomic E-state index is 12.6. The van der Waals surface area contributed by atoms with Crippen LogP contribution in [0.5, 0.6) is 0 Å². The monoisotopic (exact) mass is 446 g/mol. The zero-order valence-corrected chi connectivity index (χ0v) is 19.2. The number of nitrogens with one attached hydrogen (secondary N) is 2. The van der Waals surface area contributed by atoms with Crippen LogP contribution in [-0.2, 0) is 30.3 Å². The van der Waals surface area contributed by atoms with Crippen LogP contribution in [0, 0.1) is 0 Å². The number of anilines is 1. The van der Waals surface area contributed by atoms with Crippen molar-refractivity contribution < 1.29 is 23.9 Å². The molecule has 0 radical (unpaired) electrons. The van der Waals surface area contributed by atoms with Crippen LogP contribution in [0.2, 0.25) is 0 Å². The highest BCUT2D eigenvalue weighted by molar-refractivity contribution is 5.93. The van der Waals surface area contributed by atoms with Crippen molar-refractivity contribution in [3.63, 3.8) is 0 Å². The third-order valence-corrected chi connectivity index (χ3v) is 5.25. The molecule has 1 aromatic carbocycles. The Morgan fingerprint density at radius 2 is 2.06 bits per heavy atom. The van der Waals surface area contributed by atoms with Crippen molar-refractivity contribution in [1.29, 1.82) is 0 Å². The van der Waals surface area contributed by atoms with Gasteiger partial charge in [0.25, 0.3) is 0 Å². The minimum atomic E-state index is -0.730. The maximum Gasteiger partial charge on any atom is 0.307 e. The normalized spacial score (nSPS) is 16.2. The number of benzene rings is 1. The van der Waals surface area contributed by atoms with Crippen LogP contribution in [0.3, 0.4) is 0 Å². The Morgan fingerprint density at radius 3 is 2.78 bits per heavy atom. The molecule has 2 rings (SSSR count). The number of carbonyl (C=O) groups is 4. The lowest BCUT2D eigenvalue weighted by Gasteiger charge is -2.33. The van der Waals surface area contributed by atoms with E-state index in [1.54, 1.807) is 30.0 Å². The first kappa shape index (κ1) is 25.3. The van der Waals surface area contributed by atoms with Gasteiger partial charge in [0.1, 0.15) is 6.04 Å². The zero-order valence-electron chi connectivity index (χ0n) is 19.2. The standard InChI is InChI=1S/C23H34N4O5/c1-4-5-13-32-22(30)15-19-23(31)24-11-12-27(19)16-20(28)25-18-8-6-7-17(14-18)9-10-21(29)26(2)3/h6-8,14,19H,4-5,9-13,15-16H2,1-3H3,(H,24,31)(H,25,28). The van der Waals surface area contributed by atoms with Crippen LogP contribution in [0.4, 0.5) is 5.69 Å². The Balaban J connectivity index is 1.92. The molecule has 1 unspecified atom stereocenters.